The van der Waals surface area contributed by atoms with Crippen LogP contribution in [0.1, 0.15) is 34.6 Å². The van der Waals surface area contributed by atoms with Crippen LogP contribution in [0.3, 0.4) is 0 Å². The summed E-state index contributed by atoms with van der Waals surface area (Å²) in [6, 6.07) is 6.49. The summed E-state index contributed by atoms with van der Waals surface area (Å²) in [6.07, 6.45) is -4.82. The Morgan fingerprint density at radius 3 is 2.50 bits per heavy atom. The van der Waals surface area contributed by atoms with Gasteiger partial charge in [-0.3, -0.25) is 14.9 Å². The van der Waals surface area contributed by atoms with E-state index in [4.69, 9.17) is 9.47 Å². The highest BCUT2D eigenvalue weighted by molar-refractivity contribution is 7.07. The zero-order valence-corrected chi connectivity index (χ0v) is 18.6. The molecule has 2 aromatic carbocycles. The van der Waals surface area contributed by atoms with Crippen molar-refractivity contribution >= 4 is 22.9 Å². The molecule has 0 saturated carbocycles. The molecular weight excluding hydrogens is 479 g/mol. The first kappa shape index (κ1) is 24.8. The lowest BCUT2D eigenvalue weighted by atomic mass is 10.1. The predicted octanol–water partition coefficient (Wildman–Crippen LogP) is 5.03. The number of ether oxygens (including phenoxy) is 3. The van der Waals surface area contributed by atoms with Crippen molar-refractivity contribution < 1.29 is 37.1 Å². The number of benzene rings is 2. The summed E-state index contributed by atoms with van der Waals surface area (Å²) >= 11 is 1.37. The van der Waals surface area contributed by atoms with Crippen LogP contribution >= 0.6 is 11.3 Å². The molecule has 3 rings (SSSR count). The fourth-order valence-corrected chi connectivity index (χ4v) is 3.47. The van der Waals surface area contributed by atoms with Gasteiger partial charge in [0.2, 0.25) is 0 Å². The number of nitrogens with one attached hydrogen (secondary N) is 1. The van der Waals surface area contributed by atoms with Crippen LogP contribution in [0.2, 0.25) is 0 Å². The minimum Gasteiger partial charge on any atom is -0.493 e. The molecule has 0 aliphatic heterocycles. The predicted molar refractivity (Wildman–Crippen MR) is 115 cm³/mol. The molecule has 1 N–H and O–H groups in total. The van der Waals surface area contributed by atoms with Crippen molar-refractivity contribution in [3.8, 4) is 17.2 Å². The Kier molecular flexibility index (Phi) is 7.56. The minimum absolute atomic E-state index is 0.0492. The van der Waals surface area contributed by atoms with Crippen LogP contribution in [-0.4, -0.2) is 29.3 Å². The summed E-state index contributed by atoms with van der Waals surface area (Å²) in [4.78, 5) is 27.8. The zero-order chi connectivity index (χ0) is 24.9. The summed E-state index contributed by atoms with van der Waals surface area (Å²) in [6.45, 7) is 1.62. The van der Waals surface area contributed by atoms with Gasteiger partial charge in [0.05, 0.1) is 35.3 Å². The number of carbonyl (C=O) groups is 1. The SMILES string of the molecule is COc1cc(C(=O)NC(C)c2ccc(OC(F)(F)F)cc2)c([N+](=O)[O-])cc1OCc1cscn1. The normalized spacial score (nSPS) is 12.0. The van der Waals surface area contributed by atoms with Gasteiger partial charge in [-0.25, -0.2) is 4.98 Å². The Balaban J connectivity index is 1.79. The highest BCUT2D eigenvalue weighted by Crippen LogP contribution is 2.35. The van der Waals surface area contributed by atoms with Crippen LogP contribution in [-0.2, 0) is 6.61 Å². The molecule has 9 nitrogen and oxygen atoms in total. The molecule has 1 aromatic heterocycles. The minimum atomic E-state index is -4.82. The number of nitro benzene ring substituents is 1. The van der Waals surface area contributed by atoms with Gasteiger partial charge in [-0.1, -0.05) is 12.1 Å². The second-order valence-corrected chi connectivity index (χ2v) is 7.58. The van der Waals surface area contributed by atoms with Crippen LogP contribution < -0.4 is 19.5 Å². The number of thiazole rings is 1. The molecule has 1 atom stereocenters. The molecule has 180 valence electrons. The number of methoxy groups -OCH3 is 1. The van der Waals surface area contributed by atoms with Crippen molar-refractivity contribution in [2.45, 2.75) is 25.9 Å². The molecule has 0 fully saturated rings. The number of nitro groups is 1. The third-order valence-electron chi connectivity index (χ3n) is 4.54. The lowest BCUT2D eigenvalue weighted by molar-refractivity contribution is -0.385. The first-order chi connectivity index (χ1) is 16.1. The zero-order valence-electron chi connectivity index (χ0n) is 17.8. The van der Waals surface area contributed by atoms with Gasteiger partial charge in [0.25, 0.3) is 11.6 Å². The fraction of sp³-hybridized carbons (Fsp3) is 0.238. The third kappa shape index (κ3) is 6.34. The van der Waals surface area contributed by atoms with Gasteiger partial charge >= 0.3 is 6.36 Å². The van der Waals surface area contributed by atoms with Crippen molar-refractivity contribution in [3.63, 3.8) is 0 Å². The van der Waals surface area contributed by atoms with Gasteiger partial charge < -0.3 is 19.5 Å². The van der Waals surface area contributed by atoms with Gasteiger partial charge in [-0.2, -0.15) is 0 Å². The topological polar surface area (TPSA) is 113 Å². The number of rotatable bonds is 9. The number of carbonyl (C=O) groups excluding carboxylic acids is 1. The number of aromatic nitrogens is 1. The second kappa shape index (κ2) is 10.4. The van der Waals surface area contributed by atoms with E-state index in [9.17, 15) is 28.1 Å². The molecular formula is C21H18F3N3O6S. The van der Waals surface area contributed by atoms with E-state index in [0.717, 1.165) is 18.2 Å². The van der Waals surface area contributed by atoms with E-state index in [2.05, 4.69) is 15.0 Å². The molecule has 1 unspecified atom stereocenters. The Labute approximate surface area is 195 Å². The fourth-order valence-electron chi connectivity index (χ4n) is 2.93. The summed E-state index contributed by atoms with van der Waals surface area (Å²) in [5, 5.41) is 16.0. The number of alkyl halides is 3. The van der Waals surface area contributed by atoms with E-state index in [1.54, 1.807) is 17.8 Å². The summed E-state index contributed by atoms with van der Waals surface area (Å²) in [7, 11) is 1.33. The molecule has 34 heavy (non-hydrogen) atoms. The number of hydrogen-bond acceptors (Lipinski definition) is 8. The van der Waals surface area contributed by atoms with Crippen molar-refractivity contribution in [3.05, 3.63) is 74.2 Å². The summed E-state index contributed by atoms with van der Waals surface area (Å²) < 4.78 is 51.6. The lowest BCUT2D eigenvalue weighted by Crippen LogP contribution is -2.27. The van der Waals surface area contributed by atoms with Crippen LogP contribution in [0, 0.1) is 10.1 Å². The maximum atomic E-state index is 12.8. The summed E-state index contributed by atoms with van der Waals surface area (Å²) in [5.74, 6) is -1.03. The van der Waals surface area contributed by atoms with Gasteiger partial charge in [0, 0.05) is 11.4 Å². The van der Waals surface area contributed by atoms with Crippen molar-refractivity contribution in [1.29, 1.82) is 0 Å². The second-order valence-electron chi connectivity index (χ2n) is 6.86. The van der Waals surface area contributed by atoms with E-state index >= 15 is 0 Å². The van der Waals surface area contributed by atoms with E-state index in [1.165, 1.54) is 36.6 Å². The van der Waals surface area contributed by atoms with Crippen molar-refractivity contribution in [2.75, 3.05) is 7.11 Å². The molecule has 1 heterocycles. The Hall–Kier alpha value is -3.87. The van der Waals surface area contributed by atoms with E-state index < -0.39 is 34.7 Å². The van der Waals surface area contributed by atoms with Crippen molar-refractivity contribution in [2.24, 2.45) is 0 Å². The number of nitrogens with zero attached hydrogens (tertiary/aromatic N) is 2. The maximum absolute atomic E-state index is 12.8. The van der Waals surface area contributed by atoms with E-state index in [0.29, 0.717) is 11.3 Å². The highest BCUT2D eigenvalue weighted by atomic mass is 32.1. The van der Waals surface area contributed by atoms with Crippen LogP contribution in [0.15, 0.2) is 47.3 Å². The quantitative estimate of drug-likeness (QED) is 0.326. The van der Waals surface area contributed by atoms with Crippen molar-refractivity contribution in [1.82, 2.24) is 10.3 Å². The van der Waals surface area contributed by atoms with Gasteiger partial charge in [0.1, 0.15) is 17.9 Å². The molecule has 1 amide bonds. The largest absolute Gasteiger partial charge is 0.573 e. The number of amides is 1. The number of hydrogen-bond donors (Lipinski definition) is 1. The molecule has 0 spiro atoms. The molecule has 13 heteroatoms. The maximum Gasteiger partial charge on any atom is 0.573 e. The first-order valence-corrected chi connectivity index (χ1v) is 10.5. The lowest BCUT2D eigenvalue weighted by Gasteiger charge is -2.17. The third-order valence-corrected chi connectivity index (χ3v) is 5.18. The smallest absolute Gasteiger partial charge is 0.493 e. The highest BCUT2D eigenvalue weighted by Gasteiger charge is 2.31. The molecule has 0 saturated heterocycles. The van der Waals surface area contributed by atoms with E-state index in [1.807, 2.05) is 0 Å². The van der Waals surface area contributed by atoms with Crippen LogP contribution in [0.5, 0.6) is 17.2 Å². The van der Waals surface area contributed by atoms with Crippen LogP contribution in [0.25, 0.3) is 0 Å². The Bertz CT molecular complexity index is 1150. The Morgan fingerprint density at radius 2 is 1.94 bits per heavy atom. The number of halogens is 3. The Morgan fingerprint density at radius 1 is 1.24 bits per heavy atom. The standard InChI is InChI=1S/C21H18F3N3O6S/c1-12(13-3-5-15(6-4-13)33-21(22,23)24)26-20(28)16-7-18(31-2)19(8-17(16)27(29)30)32-9-14-10-34-11-25-14/h3-8,10-12H,9H2,1-2H3,(H,26,28). The summed E-state index contributed by atoms with van der Waals surface area (Å²) in [5.41, 5.74) is 1.92. The van der Waals surface area contributed by atoms with Crippen LogP contribution in [0.4, 0.5) is 18.9 Å². The average Bonchev–Trinajstić information content (AvgIpc) is 3.30. The first-order valence-electron chi connectivity index (χ1n) is 9.60. The molecule has 3 aromatic rings. The van der Waals surface area contributed by atoms with Gasteiger partial charge in [-0.15, -0.1) is 24.5 Å². The molecule has 0 aliphatic rings. The molecule has 0 bridgehead atoms. The van der Waals surface area contributed by atoms with Gasteiger partial charge in [0.15, 0.2) is 11.5 Å². The monoisotopic (exact) mass is 497 g/mol. The average molecular weight is 497 g/mol. The van der Waals surface area contributed by atoms with Gasteiger partial charge in [-0.05, 0) is 24.6 Å². The van der Waals surface area contributed by atoms with E-state index in [-0.39, 0.29) is 23.7 Å². The molecule has 0 radical (unpaired) electrons. The molecule has 0 aliphatic carbocycles.